The maximum Gasteiger partial charge on any atom is 0.227 e. The third-order valence-corrected chi connectivity index (χ3v) is 6.21. The van der Waals surface area contributed by atoms with E-state index in [0.717, 1.165) is 47.4 Å². The fourth-order valence-corrected chi connectivity index (χ4v) is 4.20. The van der Waals surface area contributed by atoms with Crippen molar-refractivity contribution in [3.8, 4) is 5.13 Å². The van der Waals surface area contributed by atoms with Gasteiger partial charge in [-0.05, 0) is 49.6 Å². The second-order valence-electron chi connectivity index (χ2n) is 6.67. The monoisotopic (exact) mass is 401 g/mol. The Kier molecular flexibility index (Phi) is 5.13. The zero-order valence-electron chi connectivity index (χ0n) is 14.9. The topological polar surface area (TPSA) is 63.1 Å². The molecule has 0 unspecified atom stereocenters. The lowest BCUT2D eigenvalue weighted by molar-refractivity contribution is -0.120. The Morgan fingerprint density at radius 3 is 2.59 bits per heavy atom. The number of carbonyl (C=O) groups excluding carboxylic acids is 1. The lowest BCUT2D eigenvalue weighted by Crippen LogP contribution is -2.38. The van der Waals surface area contributed by atoms with Gasteiger partial charge in [0.25, 0.3) is 0 Å². The van der Waals surface area contributed by atoms with Crippen molar-refractivity contribution >= 4 is 39.7 Å². The number of aromatic nitrogens is 3. The first-order valence-electron chi connectivity index (χ1n) is 8.89. The molecule has 0 atom stereocenters. The molecular formula is C19H20ClN5OS. The van der Waals surface area contributed by atoms with Crippen molar-refractivity contribution in [2.45, 2.75) is 19.8 Å². The van der Waals surface area contributed by atoms with E-state index in [1.54, 1.807) is 17.4 Å². The number of aryl methyl sites for hydroxylation is 1. The largest absolute Gasteiger partial charge is 0.347 e. The molecule has 140 valence electrons. The van der Waals surface area contributed by atoms with Gasteiger partial charge in [-0.3, -0.25) is 9.36 Å². The number of nitrogens with zero attached hydrogens (tertiary/aromatic N) is 4. The predicted octanol–water partition coefficient (Wildman–Crippen LogP) is 4.15. The van der Waals surface area contributed by atoms with Crippen LogP contribution in [0.2, 0.25) is 5.02 Å². The standard InChI is InChI=1S/C19H20ClN5OS/c1-13-4-5-15(12-16(13)20)21-17(26)14-6-10-25(11-7-14)19-23-22-18(27-19)24-8-2-3-9-24/h2-5,8-9,12,14H,6-7,10-11H2,1H3,(H,21,26). The van der Waals surface area contributed by atoms with Gasteiger partial charge in [0.15, 0.2) is 0 Å². The fourth-order valence-electron chi connectivity index (χ4n) is 3.15. The molecule has 4 rings (SSSR count). The van der Waals surface area contributed by atoms with Crippen molar-refractivity contribution in [1.82, 2.24) is 14.8 Å². The van der Waals surface area contributed by atoms with Gasteiger partial charge in [0.1, 0.15) is 0 Å². The van der Waals surface area contributed by atoms with Crippen LogP contribution in [-0.2, 0) is 4.79 Å². The smallest absolute Gasteiger partial charge is 0.227 e. The van der Waals surface area contributed by atoms with E-state index in [0.29, 0.717) is 5.02 Å². The second-order valence-corrected chi connectivity index (χ2v) is 8.01. The highest BCUT2D eigenvalue weighted by Gasteiger charge is 2.27. The molecule has 3 aromatic rings. The molecule has 0 radical (unpaired) electrons. The van der Waals surface area contributed by atoms with Crippen LogP contribution in [0.4, 0.5) is 10.8 Å². The quantitative estimate of drug-likeness (QED) is 0.713. The molecule has 1 fully saturated rings. The van der Waals surface area contributed by atoms with Crippen molar-refractivity contribution in [3.05, 3.63) is 53.3 Å². The maximum atomic E-state index is 12.6. The van der Waals surface area contributed by atoms with Crippen LogP contribution in [0.25, 0.3) is 5.13 Å². The number of anilines is 2. The van der Waals surface area contributed by atoms with E-state index in [1.165, 1.54) is 0 Å². The van der Waals surface area contributed by atoms with Gasteiger partial charge in [-0.25, -0.2) is 0 Å². The molecule has 8 heteroatoms. The Morgan fingerprint density at radius 2 is 1.89 bits per heavy atom. The molecule has 1 amide bonds. The van der Waals surface area contributed by atoms with Gasteiger partial charge in [-0.2, -0.15) is 0 Å². The normalized spacial score (nSPS) is 15.1. The second kappa shape index (κ2) is 7.70. The van der Waals surface area contributed by atoms with Crippen LogP contribution in [0.3, 0.4) is 0 Å². The molecule has 6 nitrogen and oxygen atoms in total. The van der Waals surface area contributed by atoms with Crippen LogP contribution in [0.5, 0.6) is 0 Å². The molecule has 3 heterocycles. The van der Waals surface area contributed by atoms with Crippen LogP contribution in [0.15, 0.2) is 42.7 Å². The van der Waals surface area contributed by atoms with E-state index in [2.05, 4.69) is 20.4 Å². The van der Waals surface area contributed by atoms with Crippen molar-refractivity contribution in [2.24, 2.45) is 5.92 Å². The molecule has 0 aliphatic carbocycles. The van der Waals surface area contributed by atoms with Gasteiger partial charge in [0.2, 0.25) is 16.2 Å². The van der Waals surface area contributed by atoms with Gasteiger partial charge >= 0.3 is 0 Å². The molecule has 27 heavy (non-hydrogen) atoms. The van der Waals surface area contributed by atoms with E-state index in [1.807, 2.05) is 48.1 Å². The van der Waals surface area contributed by atoms with Crippen LogP contribution in [0, 0.1) is 12.8 Å². The molecule has 1 saturated heterocycles. The molecule has 1 N–H and O–H groups in total. The summed E-state index contributed by atoms with van der Waals surface area (Å²) >= 11 is 7.70. The molecule has 0 spiro atoms. The Hall–Kier alpha value is -2.38. The molecule has 1 aliphatic heterocycles. The summed E-state index contributed by atoms with van der Waals surface area (Å²) in [5, 5.41) is 14.0. The number of hydrogen-bond acceptors (Lipinski definition) is 5. The number of piperidine rings is 1. The SMILES string of the molecule is Cc1ccc(NC(=O)C2CCN(c3nnc(-n4cccc4)s3)CC2)cc1Cl. The summed E-state index contributed by atoms with van der Waals surface area (Å²) in [5.74, 6) is 0.0537. The third-order valence-electron chi connectivity index (χ3n) is 4.80. The zero-order valence-corrected chi connectivity index (χ0v) is 16.5. The molecule has 1 aromatic carbocycles. The van der Waals surface area contributed by atoms with Crippen LogP contribution < -0.4 is 10.2 Å². The zero-order chi connectivity index (χ0) is 18.8. The Balaban J connectivity index is 1.34. The Labute approximate surface area is 166 Å². The minimum Gasteiger partial charge on any atom is -0.347 e. The van der Waals surface area contributed by atoms with Crippen molar-refractivity contribution in [2.75, 3.05) is 23.3 Å². The fraction of sp³-hybridized carbons (Fsp3) is 0.316. The number of rotatable bonds is 4. The van der Waals surface area contributed by atoms with Crippen LogP contribution in [-0.4, -0.2) is 33.8 Å². The number of hydrogen-bond donors (Lipinski definition) is 1. The molecule has 0 saturated carbocycles. The predicted molar refractivity (Wildman–Crippen MR) is 109 cm³/mol. The van der Waals surface area contributed by atoms with E-state index < -0.39 is 0 Å². The lowest BCUT2D eigenvalue weighted by Gasteiger charge is -2.30. The number of halogens is 1. The lowest BCUT2D eigenvalue weighted by atomic mass is 9.96. The van der Waals surface area contributed by atoms with Crippen molar-refractivity contribution in [3.63, 3.8) is 0 Å². The van der Waals surface area contributed by atoms with Crippen LogP contribution in [0.1, 0.15) is 18.4 Å². The molecular weight excluding hydrogens is 382 g/mol. The number of amides is 1. The van der Waals surface area contributed by atoms with Gasteiger partial charge in [0, 0.05) is 42.1 Å². The summed E-state index contributed by atoms with van der Waals surface area (Å²) in [6.45, 7) is 3.54. The Bertz CT molecular complexity index is 931. The molecule has 1 aliphatic rings. The highest BCUT2D eigenvalue weighted by atomic mass is 35.5. The first-order chi connectivity index (χ1) is 13.1. The van der Waals surface area contributed by atoms with Gasteiger partial charge in [-0.15, -0.1) is 10.2 Å². The first-order valence-corrected chi connectivity index (χ1v) is 10.1. The first kappa shape index (κ1) is 18.0. The van der Waals surface area contributed by atoms with Gasteiger partial charge in [0.05, 0.1) is 0 Å². The average Bonchev–Trinajstić information content (AvgIpc) is 3.36. The minimum absolute atomic E-state index is 0.00170. The summed E-state index contributed by atoms with van der Waals surface area (Å²) in [4.78, 5) is 14.8. The third kappa shape index (κ3) is 3.99. The summed E-state index contributed by atoms with van der Waals surface area (Å²) < 4.78 is 1.95. The summed E-state index contributed by atoms with van der Waals surface area (Å²) in [7, 11) is 0. The number of carbonyl (C=O) groups is 1. The van der Waals surface area contributed by atoms with E-state index >= 15 is 0 Å². The van der Waals surface area contributed by atoms with Crippen molar-refractivity contribution in [1.29, 1.82) is 0 Å². The Morgan fingerprint density at radius 1 is 1.19 bits per heavy atom. The summed E-state index contributed by atoms with van der Waals surface area (Å²) in [5.41, 5.74) is 1.75. The van der Waals surface area contributed by atoms with E-state index in [4.69, 9.17) is 11.6 Å². The highest BCUT2D eigenvalue weighted by molar-refractivity contribution is 7.17. The van der Waals surface area contributed by atoms with E-state index in [-0.39, 0.29) is 11.8 Å². The number of benzene rings is 1. The van der Waals surface area contributed by atoms with Gasteiger partial charge < -0.3 is 10.2 Å². The van der Waals surface area contributed by atoms with Gasteiger partial charge in [-0.1, -0.05) is 29.0 Å². The summed E-state index contributed by atoms with van der Waals surface area (Å²) in [6.07, 6.45) is 5.50. The maximum absolute atomic E-state index is 12.6. The highest BCUT2D eigenvalue weighted by Crippen LogP contribution is 2.28. The molecule has 2 aromatic heterocycles. The molecule has 0 bridgehead atoms. The average molecular weight is 402 g/mol. The van der Waals surface area contributed by atoms with Crippen LogP contribution >= 0.6 is 22.9 Å². The minimum atomic E-state index is -0.00170. The van der Waals surface area contributed by atoms with Crippen molar-refractivity contribution < 1.29 is 4.79 Å². The summed E-state index contributed by atoms with van der Waals surface area (Å²) in [6, 6.07) is 9.53. The number of nitrogens with one attached hydrogen (secondary N) is 1. The van der Waals surface area contributed by atoms with E-state index in [9.17, 15) is 4.79 Å².